The number of hydrogen-bond acceptors (Lipinski definition) is 5. The van der Waals surface area contributed by atoms with Gasteiger partial charge in [-0.15, -0.1) is 0 Å². The molecule has 0 saturated carbocycles. The van der Waals surface area contributed by atoms with Crippen molar-refractivity contribution in [2.24, 2.45) is 5.92 Å². The van der Waals surface area contributed by atoms with E-state index < -0.39 is 9.84 Å². The van der Waals surface area contributed by atoms with Gasteiger partial charge in [-0.1, -0.05) is 18.2 Å². The van der Waals surface area contributed by atoms with Gasteiger partial charge in [-0.05, 0) is 32.0 Å². The van der Waals surface area contributed by atoms with Crippen LogP contribution in [0.2, 0.25) is 0 Å². The molecule has 1 aliphatic heterocycles. The molecule has 24 heavy (non-hydrogen) atoms. The Hall–Kier alpha value is -1.86. The van der Waals surface area contributed by atoms with Crippen molar-refractivity contribution in [1.29, 1.82) is 0 Å². The van der Waals surface area contributed by atoms with Crippen molar-refractivity contribution in [2.75, 3.05) is 30.7 Å². The fraction of sp³-hybridized carbons (Fsp3) is 0.471. The van der Waals surface area contributed by atoms with Crippen molar-refractivity contribution in [1.82, 2.24) is 15.1 Å². The van der Waals surface area contributed by atoms with E-state index in [9.17, 15) is 8.42 Å². The maximum atomic E-state index is 12.2. The Kier molecular flexibility index (Phi) is 5.20. The minimum absolute atomic E-state index is 0.176. The van der Waals surface area contributed by atoms with Crippen molar-refractivity contribution >= 4 is 15.7 Å². The van der Waals surface area contributed by atoms with Crippen molar-refractivity contribution in [2.45, 2.75) is 24.8 Å². The number of aryl methyl sites for hydroxylation is 1. The maximum absolute atomic E-state index is 12.2. The van der Waals surface area contributed by atoms with E-state index in [4.69, 9.17) is 0 Å². The summed E-state index contributed by atoms with van der Waals surface area (Å²) in [6.07, 6.45) is 0.615. The largest absolute Gasteiger partial charge is 0.370 e. The standard InChI is InChI=1S/C17H24N4O2S/c1-14-10-17-19-12-15(13-21(17)20-14)11-18-8-5-9-24(22,23)16-6-3-2-4-7-16/h2-4,6-7,10,15,18-19H,5,8-9,11-13H2,1H3/t15-/m0/s1. The fourth-order valence-electron chi connectivity index (χ4n) is 2.96. The van der Waals surface area contributed by atoms with Crippen LogP contribution in [0, 0.1) is 12.8 Å². The summed E-state index contributed by atoms with van der Waals surface area (Å²) in [5, 5.41) is 11.2. The smallest absolute Gasteiger partial charge is 0.178 e. The molecule has 0 bridgehead atoms. The van der Waals surface area contributed by atoms with Crippen molar-refractivity contribution in [3.8, 4) is 0 Å². The zero-order valence-corrected chi connectivity index (χ0v) is 14.7. The third kappa shape index (κ3) is 4.15. The number of anilines is 1. The van der Waals surface area contributed by atoms with Crippen LogP contribution in [0.4, 0.5) is 5.82 Å². The minimum atomic E-state index is -3.17. The van der Waals surface area contributed by atoms with Gasteiger partial charge >= 0.3 is 0 Å². The Morgan fingerprint density at radius 1 is 1.33 bits per heavy atom. The molecule has 2 heterocycles. The molecule has 7 heteroatoms. The first-order valence-electron chi connectivity index (χ1n) is 8.31. The fourth-order valence-corrected chi connectivity index (χ4v) is 4.29. The van der Waals surface area contributed by atoms with Gasteiger partial charge in [-0.25, -0.2) is 13.1 Å². The summed E-state index contributed by atoms with van der Waals surface area (Å²) in [6.45, 7) is 5.36. The number of fused-ring (bicyclic) bond motifs is 1. The van der Waals surface area contributed by atoms with Crippen LogP contribution in [0.5, 0.6) is 0 Å². The van der Waals surface area contributed by atoms with E-state index >= 15 is 0 Å². The van der Waals surface area contributed by atoms with Crippen molar-refractivity contribution in [3.05, 3.63) is 42.1 Å². The van der Waals surface area contributed by atoms with E-state index in [0.717, 1.165) is 31.1 Å². The molecule has 2 N–H and O–H groups in total. The van der Waals surface area contributed by atoms with Crippen LogP contribution < -0.4 is 10.6 Å². The van der Waals surface area contributed by atoms with Crippen LogP contribution >= 0.6 is 0 Å². The summed E-state index contributed by atoms with van der Waals surface area (Å²) >= 11 is 0. The van der Waals surface area contributed by atoms with E-state index in [1.165, 1.54) is 0 Å². The lowest BCUT2D eigenvalue weighted by Crippen LogP contribution is -2.35. The van der Waals surface area contributed by atoms with Gasteiger partial charge in [0.25, 0.3) is 0 Å². The predicted octanol–water partition coefficient (Wildman–Crippen LogP) is 1.69. The number of aromatic nitrogens is 2. The second kappa shape index (κ2) is 7.36. The third-order valence-corrected chi connectivity index (χ3v) is 6.02. The Morgan fingerprint density at radius 2 is 2.12 bits per heavy atom. The van der Waals surface area contributed by atoms with E-state index in [0.29, 0.717) is 23.8 Å². The lowest BCUT2D eigenvalue weighted by molar-refractivity contribution is 0.391. The Labute approximate surface area is 143 Å². The quantitative estimate of drug-likeness (QED) is 0.745. The lowest BCUT2D eigenvalue weighted by atomic mass is 10.1. The molecular formula is C17H24N4O2S. The van der Waals surface area contributed by atoms with Crippen LogP contribution in [0.25, 0.3) is 0 Å². The molecule has 0 fully saturated rings. The van der Waals surface area contributed by atoms with Gasteiger partial charge in [0.1, 0.15) is 5.82 Å². The molecule has 0 unspecified atom stereocenters. The Morgan fingerprint density at radius 3 is 2.92 bits per heavy atom. The lowest BCUT2D eigenvalue weighted by Gasteiger charge is -2.25. The van der Waals surface area contributed by atoms with Gasteiger partial charge in [-0.3, -0.25) is 0 Å². The van der Waals surface area contributed by atoms with Gasteiger partial charge in [-0.2, -0.15) is 5.10 Å². The first-order chi connectivity index (χ1) is 11.5. The third-order valence-electron chi connectivity index (χ3n) is 4.21. The molecule has 130 valence electrons. The van der Waals surface area contributed by atoms with E-state index in [1.807, 2.05) is 17.7 Å². The van der Waals surface area contributed by atoms with Gasteiger partial charge in [0.05, 0.1) is 16.3 Å². The zero-order valence-electron chi connectivity index (χ0n) is 13.9. The number of nitrogens with zero attached hydrogens (tertiary/aromatic N) is 2. The highest BCUT2D eigenvalue weighted by molar-refractivity contribution is 7.91. The minimum Gasteiger partial charge on any atom is -0.370 e. The molecule has 0 aliphatic carbocycles. The molecule has 1 aromatic carbocycles. The van der Waals surface area contributed by atoms with Crippen LogP contribution in [0.3, 0.4) is 0 Å². The predicted molar refractivity (Wildman–Crippen MR) is 94.9 cm³/mol. The normalized spacial score (nSPS) is 17.3. The monoisotopic (exact) mass is 348 g/mol. The number of sulfone groups is 1. The molecule has 6 nitrogen and oxygen atoms in total. The summed E-state index contributed by atoms with van der Waals surface area (Å²) in [5.74, 6) is 1.72. The summed E-state index contributed by atoms with van der Waals surface area (Å²) in [6, 6.07) is 10.7. The van der Waals surface area contributed by atoms with E-state index in [1.54, 1.807) is 24.3 Å². The van der Waals surface area contributed by atoms with Gasteiger partial charge in [0, 0.05) is 31.6 Å². The zero-order chi connectivity index (χ0) is 17.0. The van der Waals surface area contributed by atoms with Gasteiger partial charge in [0.15, 0.2) is 9.84 Å². The summed E-state index contributed by atoms with van der Waals surface area (Å²) < 4.78 is 26.4. The van der Waals surface area contributed by atoms with Crippen molar-refractivity contribution < 1.29 is 8.42 Å². The maximum Gasteiger partial charge on any atom is 0.178 e. The van der Waals surface area contributed by atoms with Crippen LogP contribution in [-0.2, 0) is 16.4 Å². The highest BCUT2D eigenvalue weighted by Crippen LogP contribution is 2.18. The molecule has 1 atom stereocenters. The summed E-state index contributed by atoms with van der Waals surface area (Å²) in [5.41, 5.74) is 1.03. The second-order valence-corrected chi connectivity index (χ2v) is 8.40. The number of benzene rings is 1. The molecular weight excluding hydrogens is 324 g/mol. The Balaban J connectivity index is 1.39. The SMILES string of the molecule is Cc1cc2n(n1)C[C@@H](CNCCCS(=O)(=O)c1ccccc1)CN2. The van der Waals surface area contributed by atoms with Crippen LogP contribution in [0.1, 0.15) is 12.1 Å². The molecule has 1 aliphatic rings. The van der Waals surface area contributed by atoms with Crippen molar-refractivity contribution in [3.63, 3.8) is 0 Å². The van der Waals surface area contributed by atoms with Crippen LogP contribution in [-0.4, -0.2) is 43.6 Å². The molecule has 3 rings (SSSR count). The van der Waals surface area contributed by atoms with Gasteiger partial charge < -0.3 is 10.6 Å². The average Bonchev–Trinajstić information content (AvgIpc) is 2.94. The summed E-state index contributed by atoms with van der Waals surface area (Å²) in [4.78, 5) is 0.406. The molecule has 0 spiro atoms. The first-order valence-corrected chi connectivity index (χ1v) is 9.97. The van der Waals surface area contributed by atoms with Crippen LogP contribution in [0.15, 0.2) is 41.3 Å². The number of rotatable bonds is 7. The topological polar surface area (TPSA) is 76.0 Å². The van der Waals surface area contributed by atoms with E-state index in [-0.39, 0.29) is 5.75 Å². The van der Waals surface area contributed by atoms with E-state index in [2.05, 4.69) is 21.8 Å². The molecule has 0 radical (unpaired) electrons. The Bertz CT molecular complexity index is 771. The number of hydrogen-bond donors (Lipinski definition) is 2. The molecule has 1 aromatic heterocycles. The highest BCUT2D eigenvalue weighted by atomic mass is 32.2. The number of nitrogens with one attached hydrogen (secondary N) is 2. The highest BCUT2D eigenvalue weighted by Gasteiger charge is 2.19. The van der Waals surface area contributed by atoms with Gasteiger partial charge in [0.2, 0.25) is 0 Å². The average molecular weight is 348 g/mol. The first kappa shape index (κ1) is 17.0. The second-order valence-electron chi connectivity index (χ2n) is 6.29. The summed E-state index contributed by atoms with van der Waals surface area (Å²) in [7, 11) is -3.17. The molecule has 0 amide bonds. The molecule has 0 saturated heterocycles. The molecule has 2 aromatic rings.